The Bertz CT molecular complexity index is 371. The Kier molecular flexibility index (Phi) is 4.70. The van der Waals surface area contributed by atoms with E-state index >= 15 is 0 Å². The minimum atomic E-state index is 0.0525. The molecule has 1 aliphatic carbocycles. The van der Waals surface area contributed by atoms with Gasteiger partial charge >= 0.3 is 0 Å². The summed E-state index contributed by atoms with van der Waals surface area (Å²) in [6.07, 6.45) is 5.64. The van der Waals surface area contributed by atoms with Crippen molar-refractivity contribution < 1.29 is 4.74 Å². The number of hydrogen-bond donors (Lipinski definition) is 1. The summed E-state index contributed by atoms with van der Waals surface area (Å²) < 4.78 is 5.64. The third-order valence-electron chi connectivity index (χ3n) is 3.72. The van der Waals surface area contributed by atoms with Gasteiger partial charge in [0.05, 0.1) is 11.6 Å². The lowest BCUT2D eigenvalue weighted by molar-refractivity contribution is -0.0709. The van der Waals surface area contributed by atoms with Crippen LogP contribution in [-0.4, -0.2) is 29.5 Å². The lowest BCUT2D eigenvalue weighted by atomic mass is 9.78. The summed E-state index contributed by atoms with van der Waals surface area (Å²) in [5.74, 6) is 0. The summed E-state index contributed by atoms with van der Waals surface area (Å²) in [5.41, 5.74) is 0.0525. The van der Waals surface area contributed by atoms with Crippen LogP contribution in [-0.2, 0) is 11.2 Å². The van der Waals surface area contributed by atoms with Gasteiger partial charge in [-0.1, -0.05) is 18.3 Å². The first-order valence-electron chi connectivity index (χ1n) is 6.80. The van der Waals surface area contributed by atoms with E-state index in [-0.39, 0.29) is 5.60 Å². The van der Waals surface area contributed by atoms with E-state index in [0.717, 1.165) is 42.2 Å². The van der Waals surface area contributed by atoms with Crippen molar-refractivity contribution in [3.63, 3.8) is 0 Å². The lowest BCUT2D eigenvalue weighted by Crippen LogP contribution is -2.41. The molecule has 1 fully saturated rings. The van der Waals surface area contributed by atoms with E-state index in [1.807, 2.05) is 7.11 Å². The molecule has 1 heterocycles. The average Bonchev–Trinajstić information content (AvgIpc) is 2.79. The lowest BCUT2D eigenvalue weighted by Gasteiger charge is -2.39. The van der Waals surface area contributed by atoms with Crippen molar-refractivity contribution in [2.45, 2.75) is 57.6 Å². The van der Waals surface area contributed by atoms with Crippen molar-refractivity contribution in [1.82, 2.24) is 15.5 Å². The van der Waals surface area contributed by atoms with Crippen molar-refractivity contribution in [2.75, 3.05) is 13.7 Å². The van der Waals surface area contributed by atoms with Crippen LogP contribution in [0.5, 0.6) is 0 Å². The third-order valence-corrected chi connectivity index (χ3v) is 4.83. The Balaban J connectivity index is 1.93. The Morgan fingerprint density at radius 2 is 2.22 bits per heavy atom. The van der Waals surface area contributed by atoms with Crippen LogP contribution in [0.25, 0.3) is 0 Å². The first-order chi connectivity index (χ1) is 8.69. The zero-order valence-corrected chi connectivity index (χ0v) is 12.3. The smallest absolute Gasteiger partial charge is 0.134 e. The molecule has 1 saturated carbocycles. The monoisotopic (exact) mass is 269 g/mol. The molecule has 5 heteroatoms. The van der Waals surface area contributed by atoms with Crippen LogP contribution in [0.4, 0.5) is 0 Å². The van der Waals surface area contributed by atoms with Crippen LogP contribution in [0, 0.1) is 0 Å². The van der Waals surface area contributed by atoms with Crippen molar-refractivity contribution in [2.24, 2.45) is 0 Å². The Labute approximate surface area is 113 Å². The molecular formula is C13H23N3OS. The minimum absolute atomic E-state index is 0.0525. The van der Waals surface area contributed by atoms with Gasteiger partial charge in [-0.15, -0.1) is 10.2 Å². The fraction of sp³-hybridized carbons (Fsp3) is 0.846. The highest BCUT2D eigenvalue weighted by Gasteiger charge is 2.38. The predicted molar refractivity (Wildman–Crippen MR) is 73.9 cm³/mol. The molecule has 0 spiro atoms. The molecule has 0 saturated heterocycles. The molecule has 0 amide bonds. The summed E-state index contributed by atoms with van der Waals surface area (Å²) in [7, 11) is 1.81. The van der Waals surface area contributed by atoms with Crippen LogP contribution in [0.1, 0.15) is 55.6 Å². The Morgan fingerprint density at radius 1 is 1.44 bits per heavy atom. The minimum Gasteiger partial charge on any atom is -0.378 e. The number of ether oxygens (including phenoxy) is 1. The second-order valence-corrected chi connectivity index (χ2v) is 6.22. The second-order valence-electron chi connectivity index (χ2n) is 5.13. The van der Waals surface area contributed by atoms with E-state index in [2.05, 4.69) is 29.4 Å². The van der Waals surface area contributed by atoms with Crippen LogP contribution in [0.2, 0.25) is 0 Å². The largest absolute Gasteiger partial charge is 0.378 e. The van der Waals surface area contributed by atoms with E-state index in [1.165, 1.54) is 6.42 Å². The first kappa shape index (κ1) is 13.9. The fourth-order valence-corrected chi connectivity index (χ4v) is 3.26. The van der Waals surface area contributed by atoms with Gasteiger partial charge in [0.25, 0.3) is 0 Å². The fourth-order valence-electron chi connectivity index (χ4n) is 2.26. The van der Waals surface area contributed by atoms with Gasteiger partial charge in [-0.05, 0) is 39.2 Å². The molecule has 1 N–H and O–H groups in total. The van der Waals surface area contributed by atoms with Gasteiger partial charge in [-0.2, -0.15) is 0 Å². The number of methoxy groups -OCH3 is 1. The molecule has 1 atom stereocenters. The standard InChI is InChI=1S/C13H23N3OS/c1-4-8-14-10(2)12-16-15-11(18-12)9-13(17-3)6-5-7-13/h10,14H,4-9H2,1-3H3. The van der Waals surface area contributed by atoms with E-state index in [4.69, 9.17) is 4.74 Å². The van der Waals surface area contributed by atoms with Crippen molar-refractivity contribution in [3.8, 4) is 0 Å². The molecule has 2 rings (SSSR count). The average molecular weight is 269 g/mol. The molecule has 0 aliphatic heterocycles. The first-order valence-corrected chi connectivity index (χ1v) is 7.61. The maximum absolute atomic E-state index is 5.64. The van der Waals surface area contributed by atoms with Gasteiger partial charge in [-0.3, -0.25) is 0 Å². The summed E-state index contributed by atoms with van der Waals surface area (Å²) in [5, 5.41) is 14.2. The van der Waals surface area contributed by atoms with Crippen LogP contribution < -0.4 is 5.32 Å². The zero-order valence-electron chi connectivity index (χ0n) is 11.5. The molecule has 18 heavy (non-hydrogen) atoms. The zero-order chi connectivity index (χ0) is 13.0. The summed E-state index contributed by atoms with van der Waals surface area (Å²) in [6, 6.07) is 0.302. The molecule has 1 aliphatic rings. The number of nitrogens with zero attached hydrogens (tertiary/aromatic N) is 2. The van der Waals surface area contributed by atoms with Gasteiger partial charge in [0.15, 0.2) is 0 Å². The van der Waals surface area contributed by atoms with Crippen LogP contribution >= 0.6 is 11.3 Å². The number of nitrogens with one attached hydrogen (secondary N) is 1. The predicted octanol–water partition coefficient (Wildman–Crippen LogP) is 2.71. The van der Waals surface area contributed by atoms with E-state index < -0.39 is 0 Å². The SMILES string of the molecule is CCCNC(C)c1nnc(CC2(OC)CCC2)s1. The normalized spacial score (nSPS) is 19.5. The summed E-state index contributed by atoms with van der Waals surface area (Å²) >= 11 is 1.72. The van der Waals surface area contributed by atoms with Gasteiger partial charge in [0.2, 0.25) is 0 Å². The molecule has 0 bridgehead atoms. The quantitative estimate of drug-likeness (QED) is 0.827. The molecule has 4 nitrogen and oxygen atoms in total. The molecule has 0 radical (unpaired) electrons. The number of aromatic nitrogens is 2. The number of rotatable bonds is 7. The Hall–Kier alpha value is -0.520. The van der Waals surface area contributed by atoms with Crippen LogP contribution in [0.3, 0.4) is 0 Å². The molecule has 102 valence electrons. The van der Waals surface area contributed by atoms with E-state index in [0.29, 0.717) is 6.04 Å². The molecule has 1 aromatic rings. The molecule has 0 aromatic carbocycles. The highest BCUT2D eigenvalue weighted by molar-refractivity contribution is 7.11. The highest BCUT2D eigenvalue weighted by atomic mass is 32.1. The number of hydrogen-bond acceptors (Lipinski definition) is 5. The maximum atomic E-state index is 5.64. The molecular weight excluding hydrogens is 246 g/mol. The van der Waals surface area contributed by atoms with E-state index in [9.17, 15) is 0 Å². The van der Waals surface area contributed by atoms with Crippen molar-refractivity contribution in [3.05, 3.63) is 10.0 Å². The van der Waals surface area contributed by atoms with Crippen LogP contribution in [0.15, 0.2) is 0 Å². The Morgan fingerprint density at radius 3 is 2.78 bits per heavy atom. The van der Waals surface area contributed by atoms with E-state index in [1.54, 1.807) is 11.3 Å². The maximum Gasteiger partial charge on any atom is 0.134 e. The molecule has 1 aromatic heterocycles. The van der Waals surface area contributed by atoms with Crippen molar-refractivity contribution in [1.29, 1.82) is 0 Å². The van der Waals surface area contributed by atoms with Gasteiger partial charge < -0.3 is 10.1 Å². The third kappa shape index (κ3) is 3.08. The molecule has 1 unspecified atom stereocenters. The summed E-state index contributed by atoms with van der Waals surface area (Å²) in [6.45, 7) is 5.34. The second kappa shape index (κ2) is 6.08. The highest BCUT2D eigenvalue weighted by Crippen LogP contribution is 2.38. The van der Waals surface area contributed by atoms with Gasteiger partial charge in [-0.25, -0.2) is 0 Å². The van der Waals surface area contributed by atoms with Gasteiger partial charge in [0, 0.05) is 13.5 Å². The topological polar surface area (TPSA) is 47.0 Å². The van der Waals surface area contributed by atoms with Crippen molar-refractivity contribution >= 4 is 11.3 Å². The summed E-state index contributed by atoms with van der Waals surface area (Å²) in [4.78, 5) is 0. The van der Waals surface area contributed by atoms with Gasteiger partial charge in [0.1, 0.15) is 10.0 Å².